The maximum Gasteiger partial charge on any atom is 0.270 e. The van der Waals surface area contributed by atoms with E-state index >= 15 is 0 Å². The summed E-state index contributed by atoms with van der Waals surface area (Å²) in [4.78, 5) is 32.2. The Hall–Kier alpha value is -2.76. The van der Waals surface area contributed by atoms with Crippen molar-refractivity contribution in [2.45, 2.75) is 20.4 Å². The molecule has 2 heterocycles. The van der Waals surface area contributed by atoms with E-state index in [0.717, 1.165) is 5.56 Å². The number of nitrogens with one attached hydrogen (secondary N) is 2. The third kappa shape index (κ3) is 5.18. The van der Waals surface area contributed by atoms with E-state index in [1.54, 1.807) is 36.7 Å². The lowest BCUT2D eigenvalue weighted by Crippen LogP contribution is -2.29. The first-order valence-corrected chi connectivity index (χ1v) is 7.48. The normalized spacial score (nSPS) is 10.4. The average molecular weight is 312 g/mol. The van der Waals surface area contributed by atoms with Gasteiger partial charge in [0, 0.05) is 25.5 Å². The van der Waals surface area contributed by atoms with Gasteiger partial charge in [0.25, 0.3) is 11.8 Å². The molecule has 0 aromatic carbocycles. The molecule has 0 saturated carbocycles. The van der Waals surface area contributed by atoms with Gasteiger partial charge in [-0.05, 0) is 29.7 Å². The van der Waals surface area contributed by atoms with Crippen LogP contribution in [0.3, 0.4) is 0 Å². The SMILES string of the molecule is CC(C)CNC(=O)c1cccc(C(=O)NCc2cccnc2)n1. The van der Waals surface area contributed by atoms with Gasteiger partial charge in [-0.3, -0.25) is 14.6 Å². The lowest BCUT2D eigenvalue weighted by Gasteiger charge is -2.08. The number of carbonyl (C=O) groups excluding carboxylic acids is 2. The second kappa shape index (κ2) is 8.03. The first-order chi connectivity index (χ1) is 11.1. The molecule has 0 spiro atoms. The highest BCUT2D eigenvalue weighted by Gasteiger charge is 2.12. The first-order valence-electron chi connectivity index (χ1n) is 7.48. The van der Waals surface area contributed by atoms with Crippen LogP contribution in [0.5, 0.6) is 0 Å². The molecule has 0 aliphatic heterocycles. The first kappa shape index (κ1) is 16.6. The third-order valence-electron chi connectivity index (χ3n) is 3.06. The molecule has 2 rings (SSSR count). The lowest BCUT2D eigenvalue weighted by atomic mass is 10.2. The standard InChI is InChI=1S/C17H20N4O2/c1-12(2)9-19-16(22)14-6-3-7-15(21-14)17(23)20-11-13-5-4-8-18-10-13/h3-8,10,12H,9,11H2,1-2H3,(H,19,22)(H,20,23). The molecule has 6 nitrogen and oxygen atoms in total. The summed E-state index contributed by atoms with van der Waals surface area (Å²) in [5.74, 6) is -0.252. The minimum absolute atomic E-state index is 0.214. The molecule has 2 N–H and O–H groups in total. The maximum atomic E-state index is 12.1. The lowest BCUT2D eigenvalue weighted by molar-refractivity contribution is 0.0940. The quantitative estimate of drug-likeness (QED) is 0.852. The van der Waals surface area contributed by atoms with E-state index in [0.29, 0.717) is 19.0 Å². The fourth-order valence-corrected chi connectivity index (χ4v) is 1.85. The molecule has 0 aliphatic carbocycles. The van der Waals surface area contributed by atoms with Crippen LogP contribution in [0.25, 0.3) is 0 Å². The molecule has 6 heteroatoms. The molecule has 0 bridgehead atoms. The molecule has 0 radical (unpaired) electrons. The van der Waals surface area contributed by atoms with Gasteiger partial charge in [0.2, 0.25) is 0 Å². The number of carbonyl (C=O) groups is 2. The van der Waals surface area contributed by atoms with Gasteiger partial charge in [-0.2, -0.15) is 0 Å². The fourth-order valence-electron chi connectivity index (χ4n) is 1.85. The van der Waals surface area contributed by atoms with Gasteiger partial charge in [0.1, 0.15) is 11.4 Å². The van der Waals surface area contributed by atoms with Crippen molar-refractivity contribution in [1.82, 2.24) is 20.6 Å². The molecule has 0 unspecified atom stereocenters. The Morgan fingerprint density at radius 2 is 1.74 bits per heavy atom. The van der Waals surface area contributed by atoms with Crippen molar-refractivity contribution in [2.24, 2.45) is 5.92 Å². The van der Waals surface area contributed by atoms with Crippen LogP contribution in [0.15, 0.2) is 42.7 Å². The van der Waals surface area contributed by atoms with Crippen molar-refractivity contribution in [3.05, 3.63) is 59.7 Å². The van der Waals surface area contributed by atoms with Crippen LogP contribution in [-0.4, -0.2) is 28.3 Å². The van der Waals surface area contributed by atoms with Crippen LogP contribution >= 0.6 is 0 Å². The predicted octanol–water partition coefficient (Wildman–Crippen LogP) is 1.79. The van der Waals surface area contributed by atoms with Crippen LogP contribution in [0.2, 0.25) is 0 Å². The van der Waals surface area contributed by atoms with E-state index in [1.807, 2.05) is 19.9 Å². The Morgan fingerprint density at radius 3 is 2.35 bits per heavy atom. The smallest absolute Gasteiger partial charge is 0.270 e. The topological polar surface area (TPSA) is 84.0 Å². The van der Waals surface area contributed by atoms with E-state index < -0.39 is 0 Å². The Labute approximate surface area is 135 Å². The summed E-state index contributed by atoms with van der Waals surface area (Å²) < 4.78 is 0. The molecule has 0 saturated heterocycles. The third-order valence-corrected chi connectivity index (χ3v) is 3.06. The summed E-state index contributed by atoms with van der Waals surface area (Å²) in [5.41, 5.74) is 1.34. The van der Waals surface area contributed by atoms with Gasteiger partial charge in [-0.25, -0.2) is 4.98 Å². The van der Waals surface area contributed by atoms with E-state index in [-0.39, 0.29) is 23.2 Å². The number of nitrogens with zero attached hydrogens (tertiary/aromatic N) is 2. The van der Waals surface area contributed by atoms with Crippen molar-refractivity contribution in [3.8, 4) is 0 Å². The van der Waals surface area contributed by atoms with Crippen molar-refractivity contribution >= 4 is 11.8 Å². The second-order valence-electron chi connectivity index (χ2n) is 5.56. The van der Waals surface area contributed by atoms with Crippen LogP contribution in [0.1, 0.15) is 40.4 Å². The molecule has 2 amide bonds. The highest BCUT2D eigenvalue weighted by atomic mass is 16.2. The number of amides is 2. The molecule has 0 atom stereocenters. The zero-order chi connectivity index (χ0) is 16.7. The maximum absolute atomic E-state index is 12.1. The number of hydrogen-bond acceptors (Lipinski definition) is 4. The van der Waals surface area contributed by atoms with E-state index in [9.17, 15) is 9.59 Å². The summed E-state index contributed by atoms with van der Waals surface area (Å²) in [6.07, 6.45) is 3.36. The van der Waals surface area contributed by atoms with Gasteiger partial charge < -0.3 is 10.6 Å². The molecular weight excluding hydrogens is 292 g/mol. The largest absolute Gasteiger partial charge is 0.350 e. The molecule has 2 aromatic rings. The minimum Gasteiger partial charge on any atom is -0.350 e. The Morgan fingerprint density at radius 1 is 1.04 bits per heavy atom. The van der Waals surface area contributed by atoms with Gasteiger partial charge in [0.15, 0.2) is 0 Å². The number of rotatable bonds is 6. The van der Waals surface area contributed by atoms with Gasteiger partial charge in [-0.15, -0.1) is 0 Å². The van der Waals surface area contributed by atoms with Gasteiger partial charge in [-0.1, -0.05) is 26.0 Å². The van der Waals surface area contributed by atoms with E-state index in [2.05, 4.69) is 20.6 Å². The number of pyridine rings is 2. The van der Waals surface area contributed by atoms with E-state index in [1.165, 1.54) is 0 Å². The zero-order valence-corrected chi connectivity index (χ0v) is 13.2. The molecule has 23 heavy (non-hydrogen) atoms. The summed E-state index contributed by atoms with van der Waals surface area (Å²) in [7, 11) is 0. The monoisotopic (exact) mass is 312 g/mol. The van der Waals surface area contributed by atoms with Crippen LogP contribution in [0, 0.1) is 5.92 Å². The van der Waals surface area contributed by atoms with Crippen LogP contribution < -0.4 is 10.6 Å². The van der Waals surface area contributed by atoms with Crippen molar-refractivity contribution < 1.29 is 9.59 Å². The summed E-state index contributed by atoms with van der Waals surface area (Å²) in [6, 6.07) is 8.50. The molecule has 120 valence electrons. The molecule has 0 fully saturated rings. The van der Waals surface area contributed by atoms with Crippen LogP contribution in [0.4, 0.5) is 0 Å². The van der Waals surface area contributed by atoms with Gasteiger partial charge >= 0.3 is 0 Å². The highest BCUT2D eigenvalue weighted by Crippen LogP contribution is 2.02. The Balaban J connectivity index is 1.98. The molecule has 0 aliphatic rings. The zero-order valence-electron chi connectivity index (χ0n) is 13.2. The predicted molar refractivity (Wildman–Crippen MR) is 86.8 cm³/mol. The fraction of sp³-hybridized carbons (Fsp3) is 0.294. The summed E-state index contributed by atoms with van der Waals surface area (Å²) >= 11 is 0. The molecule has 2 aromatic heterocycles. The second-order valence-corrected chi connectivity index (χ2v) is 5.56. The Kier molecular flexibility index (Phi) is 5.80. The van der Waals surface area contributed by atoms with Gasteiger partial charge in [0.05, 0.1) is 0 Å². The number of hydrogen-bond donors (Lipinski definition) is 2. The van der Waals surface area contributed by atoms with Crippen molar-refractivity contribution in [1.29, 1.82) is 0 Å². The van der Waals surface area contributed by atoms with Crippen molar-refractivity contribution in [3.63, 3.8) is 0 Å². The average Bonchev–Trinajstić information content (AvgIpc) is 2.58. The minimum atomic E-state index is -0.327. The summed E-state index contributed by atoms with van der Waals surface area (Å²) in [5, 5.41) is 5.54. The van der Waals surface area contributed by atoms with Crippen molar-refractivity contribution in [2.75, 3.05) is 6.54 Å². The van der Waals surface area contributed by atoms with E-state index in [4.69, 9.17) is 0 Å². The Bertz CT molecular complexity index is 671. The highest BCUT2D eigenvalue weighted by molar-refractivity contribution is 5.96. The number of aromatic nitrogens is 2. The van der Waals surface area contributed by atoms with Crippen LogP contribution in [-0.2, 0) is 6.54 Å². The summed E-state index contributed by atoms with van der Waals surface area (Å²) in [6.45, 7) is 4.95. The molecular formula is C17H20N4O2.